The first-order valence-electron chi connectivity index (χ1n) is 5.89. The van der Waals surface area contributed by atoms with Gasteiger partial charge in [-0.3, -0.25) is 4.79 Å². The van der Waals surface area contributed by atoms with Gasteiger partial charge in [-0.25, -0.2) is 9.37 Å². The van der Waals surface area contributed by atoms with E-state index in [-0.39, 0.29) is 17.6 Å². The van der Waals surface area contributed by atoms with E-state index >= 15 is 0 Å². The smallest absolute Gasteiger partial charge is 0.270 e. The number of hydrogen-bond acceptors (Lipinski definition) is 3. The fourth-order valence-electron chi connectivity index (χ4n) is 1.91. The van der Waals surface area contributed by atoms with Crippen LogP contribution < -0.4 is 10.6 Å². The molecule has 0 bridgehead atoms. The van der Waals surface area contributed by atoms with Gasteiger partial charge >= 0.3 is 0 Å². The van der Waals surface area contributed by atoms with Crippen molar-refractivity contribution >= 4 is 5.91 Å². The van der Waals surface area contributed by atoms with Gasteiger partial charge in [-0.15, -0.1) is 0 Å². The van der Waals surface area contributed by atoms with Crippen LogP contribution in [0.25, 0.3) is 0 Å². The zero-order valence-electron chi connectivity index (χ0n) is 9.58. The highest BCUT2D eigenvalue weighted by Gasteiger charge is 2.16. The average molecular weight is 237 g/mol. The highest BCUT2D eigenvalue weighted by atomic mass is 19.1. The summed E-state index contributed by atoms with van der Waals surface area (Å²) < 4.78 is 12.7. The highest BCUT2D eigenvalue weighted by molar-refractivity contribution is 5.92. The molecule has 0 spiro atoms. The molecule has 0 aliphatic carbocycles. The maximum absolute atomic E-state index is 12.7. The Hall–Kier alpha value is -1.49. The molecule has 1 aliphatic rings. The number of nitrogens with zero attached hydrogens (tertiary/aromatic N) is 1. The van der Waals surface area contributed by atoms with E-state index in [2.05, 4.69) is 15.6 Å². The minimum absolute atomic E-state index is 0.136. The molecule has 5 heteroatoms. The van der Waals surface area contributed by atoms with Gasteiger partial charge in [0, 0.05) is 12.6 Å². The normalized spacial score (nSPS) is 20.6. The van der Waals surface area contributed by atoms with Crippen LogP contribution in [0.3, 0.4) is 0 Å². The second kappa shape index (κ2) is 5.72. The van der Waals surface area contributed by atoms with Crippen LogP contribution in [0, 0.1) is 5.82 Å². The van der Waals surface area contributed by atoms with Crippen molar-refractivity contribution in [3.63, 3.8) is 0 Å². The second-order valence-electron chi connectivity index (χ2n) is 4.23. The van der Waals surface area contributed by atoms with Gasteiger partial charge in [0.15, 0.2) is 0 Å². The summed E-state index contributed by atoms with van der Waals surface area (Å²) in [6, 6.07) is 2.78. The fourth-order valence-corrected chi connectivity index (χ4v) is 1.91. The van der Waals surface area contributed by atoms with Crippen LogP contribution >= 0.6 is 0 Å². The number of carbonyl (C=O) groups excluding carboxylic acids is 1. The lowest BCUT2D eigenvalue weighted by Gasteiger charge is -2.15. The van der Waals surface area contributed by atoms with Crippen molar-refractivity contribution in [2.45, 2.75) is 25.3 Å². The number of pyridine rings is 1. The molecule has 1 unspecified atom stereocenters. The van der Waals surface area contributed by atoms with Gasteiger partial charge in [-0.05, 0) is 31.5 Å². The summed E-state index contributed by atoms with van der Waals surface area (Å²) in [5.41, 5.74) is 0.260. The molecule has 2 N–H and O–H groups in total. The summed E-state index contributed by atoms with van der Waals surface area (Å²) in [5, 5.41) is 6.18. The van der Waals surface area contributed by atoms with E-state index < -0.39 is 5.82 Å². The minimum atomic E-state index is -0.433. The molecule has 1 fully saturated rings. The predicted molar refractivity (Wildman–Crippen MR) is 62.2 cm³/mol. The number of halogens is 1. The molecule has 0 radical (unpaired) electrons. The van der Waals surface area contributed by atoms with E-state index in [0.29, 0.717) is 0 Å². The molecule has 1 amide bonds. The molecule has 4 nitrogen and oxygen atoms in total. The first-order chi connectivity index (χ1) is 8.25. The Labute approximate surface area is 99.6 Å². The van der Waals surface area contributed by atoms with Crippen molar-refractivity contribution in [2.24, 2.45) is 0 Å². The number of hydrogen-bond donors (Lipinski definition) is 2. The molecule has 17 heavy (non-hydrogen) atoms. The zero-order chi connectivity index (χ0) is 12.1. The topological polar surface area (TPSA) is 54.0 Å². The summed E-state index contributed by atoms with van der Waals surface area (Å²) in [6.07, 6.45) is 4.27. The average Bonchev–Trinajstić information content (AvgIpc) is 2.58. The van der Waals surface area contributed by atoms with E-state index in [1.54, 1.807) is 0 Å². The molecule has 2 rings (SSSR count). The van der Waals surface area contributed by atoms with Crippen LogP contribution in [-0.4, -0.2) is 30.0 Å². The molecule has 1 aromatic heterocycles. The third kappa shape index (κ3) is 3.49. The van der Waals surface area contributed by atoms with E-state index in [1.807, 2.05) is 0 Å². The molecule has 2 heterocycles. The number of amides is 1. The number of aromatic nitrogens is 1. The Morgan fingerprint density at radius 2 is 2.35 bits per heavy atom. The van der Waals surface area contributed by atoms with E-state index in [4.69, 9.17) is 0 Å². The van der Waals surface area contributed by atoms with Crippen LogP contribution in [-0.2, 0) is 0 Å². The number of nitrogens with one attached hydrogen (secondary N) is 2. The van der Waals surface area contributed by atoms with E-state index in [1.165, 1.54) is 12.1 Å². The Balaban J connectivity index is 1.93. The van der Waals surface area contributed by atoms with Crippen molar-refractivity contribution in [1.29, 1.82) is 0 Å². The summed E-state index contributed by atoms with van der Waals surface area (Å²) in [5.74, 6) is -0.670. The van der Waals surface area contributed by atoms with Crippen molar-refractivity contribution in [1.82, 2.24) is 15.6 Å². The maximum atomic E-state index is 12.7. The Kier molecular flexibility index (Phi) is 4.03. The Morgan fingerprint density at radius 3 is 3.12 bits per heavy atom. The van der Waals surface area contributed by atoms with E-state index in [9.17, 15) is 9.18 Å². The molecule has 1 atom stereocenters. The van der Waals surface area contributed by atoms with Crippen LogP contribution in [0.1, 0.15) is 29.8 Å². The fraction of sp³-hybridized carbons (Fsp3) is 0.500. The third-order valence-electron chi connectivity index (χ3n) is 2.84. The summed E-state index contributed by atoms with van der Waals surface area (Å²) in [7, 11) is 0. The Bertz CT molecular complexity index is 372. The molecule has 1 aromatic rings. The van der Waals surface area contributed by atoms with Crippen LogP contribution in [0.5, 0.6) is 0 Å². The molecule has 1 saturated heterocycles. The predicted octanol–water partition coefficient (Wildman–Crippen LogP) is 1.09. The van der Waals surface area contributed by atoms with Gasteiger partial charge in [-0.1, -0.05) is 6.42 Å². The molecular weight excluding hydrogens is 221 g/mol. The lowest BCUT2D eigenvalue weighted by Crippen LogP contribution is -2.41. The Morgan fingerprint density at radius 1 is 1.47 bits per heavy atom. The first-order valence-corrected chi connectivity index (χ1v) is 5.89. The van der Waals surface area contributed by atoms with Crippen molar-refractivity contribution in [2.75, 3.05) is 13.1 Å². The van der Waals surface area contributed by atoms with Crippen molar-refractivity contribution in [3.8, 4) is 0 Å². The first kappa shape index (κ1) is 12.0. The van der Waals surface area contributed by atoms with Crippen LogP contribution in [0.2, 0.25) is 0 Å². The zero-order valence-corrected chi connectivity index (χ0v) is 9.58. The largest absolute Gasteiger partial charge is 0.347 e. The van der Waals surface area contributed by atoms with Crippen LogP contribution in [0.15, 0.2) is 18.3 Å². The van der Waals surface area contributed by atoms with E-state index in [0.717, 1.165) is 38.5 Å². The molecule has 0 saturated carbocycles. The van der Waals surface area contributed by atoms with Gasteiger partial charge in [0.05, 0.1) is 6.20 Å². The molecule has 92 valence electrons. The summed E-state index contributed by atoms with van der Waals surface area (Å²) in [6.45, 7) is 1.79. The summed E-state index contributed by atoms with van der Waals surface area (Å²) in [4.78, 5) is 15.6. The second-order valence-corrected chi connectivity index (χ2v) is 4.23. The molecule has 0 aromatic carbocycles. The van der Waals surface area contributed by atoms with Crippen molar-refractivity contribution < 1.29 is 9.18 Å². The van der Waals surface area contributed by atoms with Gasteiger partial charge in [0.25, 0.3) is 5.91 Å². The number of rotatable bonds is 2. The maximum Gasteiger partial charge on any atom is 0.270 e. The van der Waals surface area contributed by atoms with Gasteiger partial charge in [0.1, 0.15) is 11.5 Å². The monoisotopic (exact) mass is 237 g/mol. The standard InChI is InChI=1S/C12H16FN3O/c13-9-4-5-11(15-7-9)12(17)16-10-3-1-2-6-14-8-10/h4-5,7,10,14H,1-3,6,8H2,(H,16,17). The van der Waals surface area contributed by atoms with Gasteiger partial charge in [-0.2, -0.15) is 0 Å². The molecule has 1 aliphatic heterocycles. The molecular formula is C12H16FN3O. The minimum Gasteiger partial charge on any atom is -0.347 e. The lowest BCUT2D eigenvalue weighted by atomic mass is 10.1. The van der Waals surface area contributed by atoms with Gasteiger partial charge < -0.3 is 10.6 Å². The van der Waals surface area contributed by atoms with Crippen molar-refractivity contribution in [3.05, 3.63) is 29.8 Å². The SMILES string of the molecule is O=C(NC1CCCCNC1)c1ccc(F)cn1. The van der Waals surface area contributed by atoms with Gasteiger partial charge in [0.2, 0.25) is 0 Å². The lowest BCUT2D eigenvalue weighted by molar-refractivity contribution is 0.0930. The highest BCUT2D eigenvalue weighted by Crippen LogP contribution is 2.05. The number of carbonyl (C=O) groups is 1. The quantitative estimate of drug-likeness (QED) is 0.809. The third-order valence-corrected chi connectivity index (χ3v) is 2.84. The summed E-state index contributed by atoms with van der Waals surface area (Å²) >= 11 is 0. The van der Waals surface area contributed by atoms with Crippen LogP contribution in [0.4, 0.5) is 4.39 Å².